The maximum Gasteiger partial charge on any atom is 0 e. The van der Waals surface area contributed by atoms with E-state index in [2.05, 4.69) is 0 Å². The summed E-state index contributed by atoms with van der Waals surface area (Å²) in [4.78, 5) is 18.3. The second-order valence-corrected chi connectivity index (χ2v) is 0.569. The van der Waals surface area contributed by atoms with E-state index in [1.807, 2.05) is 0 Å². The van der Waals surface area contributed by atoms with Crippen molar-refractivity contribution in [1.82, 2.24) is 0 Å². The van der Waals surface area contributed by atoms with E-state index in [0.717, 1.165) is 12.2 Å². The molecule has 0 N–H and O–H groups in total. The van der Waals surface area contributed by atoms with E-state index in [9.17, 15) is 9.59 Å². The Bertz CT molecular complexity index is 70.1. The summed E-state index contributed by atoms with van der Waals surface area (Å²) >= 11 is 0. The molecule has 0 aromatic carbocycles. The summed E-state index contributed by atoms with van der Waals surface area (Å²) in [7, 11) is 0. The Morgan fingerprint density at radius 1 is 0.875 bits per heavy atom. The number of allylic oxidation sites excluding steroid dienone is 2. The van der Waals surface area contributed by atoms with E-state index in [-0.39, 0.29) is 33.6 Å². The van der Waals surface area contributed by atoms with E-state index in [1.54, 1.807) is 0 Å². The summed E-state index contributed by atoms with van der Waals surface area (Å²) in [5.41, 5.74) is 0. The second kappa shape index (κ2) is 15.7. The van der Waals surface area contributed by atoms with Crippen LogP contribution in [-0.2, 0) is 43.1 Å². The molecule has 2 radical (unpaired) electrons. The molecule has 0 spiro atoms. The summed E-state index contributed by atoms with van der Waals surface area (Å²) in [5.74, 6) is 0. The fourth-order valence-electron chi connectivity index (χ4n) is 0.0680. The van der Waals surface area contributed by atoms with Crippen LogP contribution >= 0.6 is 0 Å². The molecule has 0 aliphatic rings. The zero-order valence-electron chi connectivity index (χ0n) is 3.64. The van der Waals surface area contributed by atoms with Gasteiger partial charge in [0.05, 0.1) is 0 Å². The van der Waals surface area contributed by atoms with Gasteiger partial charge in [-0.1, -0.05) is 0 Å². The number of hydrogen-bond acceptors (Lipinski definition) is 2. The van der Waals surface area contributed by atoms with Crippen molar-refractivity contribution in [3.63, 3.8) is 0 Å². The third-order valence-electron chi connectivity index (χ3n) is 0.219. The smallest absolute Gasteiger partial charge is 0 e. The third-order valence-corrected chi connectivity index (χ3v) is 0.219. The Kier molecular flexibility index (Phi) is 30.8. The van der Waals surface area contributed by atoms with Gasteiger partial charge in [0.1, 0.15) is 0 Å². The molecule has 0 aliphatic heterocycles. The van der Waals surface area contributed by atoms with Crippen LogP contribution in [0.15, 0.2) is 12.2 Å². The molecule has 0 amide bonds. The van der Waals surface area contributed by atoms with Crippen molar-refractivity contribution in [2.24, 2.45) is 0 Å². The van der Waals surface area contributed by atoms with Gasteiger partial charge in [0, 0.05) is 33.6 Å². The Labute approximate surface area is 68.1 Å². The first-order valence-corrected chi connectivity index (χ1v) is 1.32. The number of hydrogen-bond donors (Lipinski definition) is 0. The van der Waals surface area contributed by atoms with E-state index in [0.29, 0.717) is 0 Å². The molecular formula is C4H2Co2O2-2. The first-order chi connectivity index (χ1) is 2.91. The molecule has 0 saturated heterocycles. The van der Waals surface area contributed by atoms with Crippen LogP contribution in [-0.4, -0.2) is 12.6 Å². The molecule has 8 heavy (non-hydrogen) atoms. The van der Waals surface area contributed by atoms with Gasteiger partial charge < -0.3 is 21.7 Å². The Morgan fingerprint density at radius 2 is 1.12 bits per heavy atom. The zero-order chi connectivity index (χ0) is 4.83. The van der Waals surface area contributed by atoms with Crippen LogP contribution in [0.4, 0.5) is 0 Å². The van der Waals surface area contributed by atoms with Crippen LogP contribution in [0.25, 0.3) is 0 Å². The van der Waals surface area contributed by atoms with Gasteiger partial charge in [0.2, 0.25) is 0 Å². The standard InChI is InChI=1S/C4H2O2.2Co/c5-3-1-2-4-6;;/h1-2H;;/q-2;;/b2-1-;;. The minimum absolute atomic E-state index is 0. The molecule has 0 heterocycles. The summed E-state index contributed by atoms with van der Waals surface area (Å²) in [5, 5.41) is 0. The minimum Gasteiger partial charge on any atom is -0.440 e. The third kappa shape index (κ3) is 16.5. The molecule has 0 atom stereocenters. The predicted octanol–water partition coefficient (Wildman–Crippen LogP) is -0.243. The SMILES string of the molecule is O=[C-]/C=C\[C-]=O.[Co].[Co]. The Morgan fingerprint density at radius 3 is 1.25 bits per heavy atom. The molecule has 0 aliphatic carbocycles. The van der Waals surface area contributed by atoms with Crippen molar-refractivity contribution in [2.75, 3.05) is 0 Å². The Balaban J connectivity index is -0.000000125. The van der Waals surface area contributed by atoms with Crippen LogP contribution in [0.2, 0.25) is 0 Å². The van der Waals surface area contributed by atoms with Crippen molar-refractivity contribution in [1.29, 1.82) is 0 Å². The molecule has 2 nitrogen and oxygen atoms in total. The second-order valence-electron chi connectivity index (χ2n) is 0.569. The molecule has 0 fully saturated rings. The summed E-state index contributed by atoms with van der Waals surface area (Å²) in [6.45, 7) is 0. The molecule has 4 heteroatoms. The van der Waals surface area contributed by atoms with Crippen LogP contribution in [0, 0.1) is 0 Å². The number of carbonyl (C=O) groups excluding carboxylic acids is 2. The van der Waals surface area contributed by atoms with E-state index < -0.39 is 0 Å². The van der Waals surface area contributed by atoms with Gasteiger partial charge >= 0.3 is 0 Å². The molecule has 50 valence electrons. The quantitative estimate of drug-likeness (QED) is 0.455. The molecule has 0 aromatic rings. The van der Waals surface area contributed by atoms with Crippen molar-refractivity contribution < 1.29 is 43.1 Å². The van der Waals surface area contributed by atoms with Gasteiger partial charge in [-0.3, -0.25) is 0 Å². The minimum atomic E-state index is 0. The van der Waals surface area contributed by atoms with E-state index in [1.165, 1.54) is 12.6 Å². The average Bonchev–Trinajstić information content (AvgIpc) is 1.61. The van der Waals surface area contributed by atoms with E-state index in [4.69, 9.17) is 0 Å². The summed E-state index contributed by atoms with van der Waals surface area (Å²) in [6.07, 6.45) is 4.65. The number of rotatable bonds is 2. The normalized spacial score (nSPS) is 6.50. The van der Waals surface area contributed by atoms with Gasteiger partial charge in [0.15, 0.2) is 0 Å². The van der Waals surface area contributed by atoms with Crippen LogP contribution < -0.4 is 0 Å². The summed E-state index contributed by atoms with van der Waals surface area (Å²) < 4.78 is 0. The van der Waals surface area contributed by atoms with Crippen LogP contribution in [0.5, 0.6) is 0 Å². The van der Waals surface area contributed by atoms with Gasteiger partial charge in [-0.25, -0.2) is 0 Å². The van der Waals surface area contributed by atoms with Crippen LogP contribution in [0.1, 0.15) is 0 Å². The molecule has 0 unspecified atom stereocenters. The van der Waals surface area contributed by atoms with Crippen LogP contribution in [0.3, 0.4) is 0 Å². The maximum atomic E-state index is 9.17. The van der Waals surface area contributed by atoms with E-state index >= 15 is 0 Å². The Hall–Kier alpha value is 0.0930. The molecule has 0 saturated carbocycles. The van der Waals surface area contributed by atoms with Gasteiger partial charge in [-0.15, -0.1) is 12.6 Å². The maximum absolute atomic E-state index is 9.17. The molecule has 0 aromatic heterocycles. The monoisotopic (exact) mass is 200 g/mol. The molecular weight excluding hydrogens is 198 g/mol. The summed E-state index contributed by atoms with van der Waals surface area (Å²) in [6, 6.07) is 0. The van der Waals surface area contributed by atoms with Gasteiger partial charge in [-0.2, -0.15) is 0 Å². The topological polar surface area (TPSA) is 34.1 Å². The van der Waals surface area contributed by atoms with Crippen molar-refractivity contribution in [3.05, 3.63) is 12.2 Å². The van der Waals surface area contributed by atoms with Gasteiger partial charge in [0.25, 0.3) is 0 Å². The fraction of sp³-hybridized carbons (Fsp3) is 0. The molecule has 0 rings (SSSR count). The zero-order valence-corrected chi connectivity index (χ0v) is 5.72. The predicted molar refractivity (Wildman–Crippen MR) is 20.5 cm³/mol. The van der Waals surface area contributed by atoms with Crippen molar-refractivity contribution in [2.45, 2.75) is 0 Å². The van der Waals surface area contributed by atoms with Gasteiger partial charge in [-0.05, 0) is 0 Å². The fourth-order valence-corrected chi connectivity index (χ4v) is 0.0680. The largest absolute Gasteiger partial charge is 0.440 e. The van der Waals surface area contributed by atoms with Crippen molar-refractivity contribution >= 4 is 12.6 Å². The average molecular weight is 200 g/mol. The first-order valence-electron chi connectivity index (χ1n) is 1.32. The van der Waals surface area contributed by atoms with Crippen molar-refractivity contribution in [3.8, 4) is 0 Å². The first kappa shape index (κ1) is 15.7. The molecule has 0 bridgehead atoms.